The molecule has 1 aliphatic carbocycles. The van der Waals surface area contributed by atoms with Gasteiger partial charge < -0.3 is 10.4 Å². The van der Waals surface area contributed by atoms with Crippen LogP contribution in [0.3, 0.4) is 0 Å². The highest BCUT2D eigenvalue weighted by molar-refractivity contribution is 7.09. The molecular weight excluding hydrogens is 208 g/mol. The molecule has 4 heteroatoms. The van der Waals surface area contributed by atoms with E-state index in [4.69, 9.17) is 5.11 Å². The van der Waals surface area contributed by atoms with Crippen molar-refractivity contribution in [3.8, 4) is 0 Å². The van der Waals surface area contributed by atoms with Crippen molar-refractivity contribution in [2.45, 2.75) is 25.4 Å². The first kappa shape index (κ1) is 10.8. The highest BCUT2D eigenvalue weighted by Crippen LogP contribution is 2.22. The molecule has 3 atom stereocenters. The molecule has 1 aliphatic rings. The van der Waals surface area contributed by atoms with E-state index >= 15 is 0 Å². The first-order chi connectivity index (χ1) is 7.29. The number of hydrogen-bond donors (Lipinski definition) is 2. The van der Waals surface area contributed by atoms with E-state index in [1.54, 1.807) is 11.3 Å². The monoisotopic (exact) mass is 224 g/mol. The Labute approximate surface area is 93.9 Å². The Balaban J connectivity index is 1.86. The Morgan fingerprint density at radius 3 is 3.13 bits per heavy atom. The van der Waals surface area contributed by atoms with Crippen LogP contribution < -0.4 is 5.32 Å². The number of aliphatic hydroxyl groups is 1. The quantitative estimate of drug-likeness (QED) is 0.766. The number of nitrogens with one attached hydrogen (secondary N) is 1. The van der Waals surface area contributed by atoms with Crippen LogP contribution in [0.2, 0.25) is 0 Å². The summed E-state index contributed by atoms with van der Waals surface area (Å²) in [6, 6.07) is 0.726. The molecule has 0 amide bonds. The molecule has 0 bridgehead atoms. The van der Waals surface area contributed by atoms with Gasteiger partial charge in [-0.25, -0.2) is 0 Å². The zero-order valence-corrected chi connectivity index (χ0v) is 9.57. The molecule has 0 aromatic carbocycles. The third-order valence-electron chi connectivity index (χ3n) is 2.75. The lowest BCUT2D eigenvalue weighted by atomic mass is 10.1. The van der Waals surface area contributed by atoms with Crippen molar-refractivity contribution in [3.05, 3.63) is 28.7 Å². The number of rotatable bonds is 4. The third-order valence-corrected chi connectivity index (χ3v) is 3.71. The van der Waals surface area contributed by atoms with Gasteiger partial charge in [0.2, 0.25) is 0 Å². The molecule has 2 N–H and O–H groups in total. The average Bonchev–Trinajstić information content (AvgIpc) is 2.87. The molecule has 0 unspecified atom stereocenters. The first-order valence-corrected chi connectivity index (χ1v) is 6.11. The van der Waals surface area contributed by atoms with Gasteiger partial charge in [0.15, 0.2) is 0 Å². The van der Waals surface area contributed by atoms with Gasteiger partial charge in [0, 0.05) is 35.7 Å². The van der Waals surface area contributed by atoms with E-state index in [9.17, 15) is 0 Å². The second kappa shape index (κ2) is 4.88. The van der Waals surface area contributed by atoms with E-state index in [-0.39, 0.29) is 6.61 Å². The molecule has 1 heterocycles. The molecule has 15 heavy (non-hydrogen) atoms. The minimum Gasteiger partial charge on any atom is -0.396 e. The lowest BCUT2D eigenvalue weighted by Crippen LogP contribution is -2.28. The maximum atomic E-state index is 9.01. The molecule has 0 saturated heterocycles. The van der Waals surface area contributed by atoms with Crippen molar-refractivity contribution < 1.29 is 5.11 Å². The number of hydrogen-bond acceptors (Lipinski definition) is 4. The molecule has 0 radical (unpaired) electrons. The van der Waals surface area contributed by atoms with E-state index in [0.29, 0.717) is 18.0 Å². The molecule has 0 spiro atoms. The summed E-state index contributed by atoms with van der Waals surface area (Å²) in [4.78, 5) is 5.33. The van der Waals surface area contributed by atoms with Crippen molar-refractivity contribution >= 4 is 11.3 Å². The molecule has 1 aromatic heterocycles. The number of thiazole rings is 1. The fourth-order valence-corrected chi connectivity index (χ4v) is 2.51. The second-order valence-electron chi connectivity index (χ2n) is 3.96. The molecular formula is C11H16N2OS. The van der Waals surface area contributed by atoms with Crippen molar-refractivity contribution in [3.63, 3.8) is 0 Å². The van der Waals surface area contributed by atoms with Crippen LogP contribution in [-0.2, 0) is 0 Å². The van der Waals surface area contributed by atoms with Crippen molar-refractivity contribution in [2.24, 2.45) is 5.92 Å². The highest BCUT2D eigenvalue weighted by Gasteiger charge is 2.20. The summed E-state index contributed by atoms with van der Waals surface area (Å²) in [5.41, 5.74) is 1.86. The Hall–Kier alpha value is -0.710. The minimum atomic E-state index is 0.254. The van der Waals surface area contributed by atoms with Crippen LogP contribution in [-0.4, -0.2) is 22.7 Å². The highest BCUT2D eigenvalue weighted by atomic mass is 32.1. The zero-order valence-electron chi connectivity index (χ0n) is 8.76. The summed E-state index contributed by atoms with van der Waals surface area (Å²) in [7, 11) is 0. The summed E-state index contributed by atoms with van der Waals surface area (Å²) < 4.78 is 0. The lowest BCUT2D eigenvalue weighted by molar-refractivity contribution is 0.245. The van der Waals surface area contributed by atoms with Gasteiger partial charge in [-0.1, -0.05) is 12.2 Å². The van der Waals surface area contributed by atoms with E-state index in [1.807, 2.05) is 11.7 Å². The molecule has 0 aliphatic heterocycles. The fourth-order valence-electron chi connectivity index (χ4n) is 1.88. The summed E-state index contributed by atoms with van der Waals surface area (Å²) in [6.45, 7) is 2.40. The van der Waals surface area contributed by atoms with Crippen LogP contribution in [0.5, 0.6) is 0 Å². The second-order valence-corrected chi connectivity index (χ2v) is 4.88. The Bertz CT molecular complexity index is 323. The van der Waals surface area contributed by atoms with Crippen molar-refractivity contribution in [1.29, 1.82) is 0 Å². The van der Waals surface area contributed by atoms with Gasteiger partial charge >= 0.3 is 0 Å². The van der Waals surface area contributed by atoms with Gasteiger partial charge in [0.05, 0.1) is 5.51 Å². The number of aromatic nitrogens is 1. The topological polar surface area (TPSA) is 45.1 Å². The van der Waals surface area contributed by atoms with Crippen LogP contribution in [0.1, 0.15) is 24.3 Å². The summed E-state index contributed by atoms with van der Waals surface area (Å²) in [5, 5.41) is 12.5. The van der Waals surface area contributed by atoms with E-state index < -0.39 is 0 Å². The third kappa shape index (κ3) is 2.65. The van der Waals surface area contributed by atoms with Crippen LogP contribution in [0.4, 0.5) is 0 Å². The number of nitrogens with zero attached hydrogens (tertiary/aromatic N) is 1. The van der Waals surface area contributed by atoms with Gasteiger partial charge in [-0.3, -0.25) is 4.98 Å². The minimum absolute atomic E-state index is 0.254. The molecule has 3 nitrogen and oxygen atoms in total. The Morgan fingerprint density at radius 2 is 2.53 bits per heavy atom. The van der Waals surface area contributed by atoms with Crippen molar-refractivity contribution in [2.75, 3.05) is 6.61 Å². The fraction of sp³-hybridized carbons (Fsp3) is 0.545. The van der Waals surface area contributed by atoms with Gasteiger partial charge in [-0.2, -0.15) is 0 Å². The van der Waals surface area contributed by atoms with E-state index in [1.165, 1.54) is 4.88 Å². The smallest absolute Gasteiger partial charge is 0.0794 e. The summed E-state index contributed by atoms with van der Waals surface area (Å²) >= 11 is 1.67. The predicted octanol–water partition coefficient (Wildman–Crippen LogP) is 1.73. The predicted molar refractivity (Wildman–Crippen MR) is 61.8 cm³/mol. The molecule has 0 saturated carbocycles. The summed E-state index contributed by atoms with van der Waals surface area (Å²) in [5.74, 6) is 0.330. The normalized spacial score (nSPS) is 27.1. The zero-order chi connectivity index (χ0) is 10.7. The van der Waals surface area contributed by atoms with Crippen molar-refractivity contribution in [1.82, 2.24) is 10.3 Å². The lowest BCUT2D eigenvalue weighted by Gasteiger charge is -2.17. The van der Waals surface area contributed by atoms with Gasteiger partial charge in [0.1, 0.15) is 0 Å². The Morgan fingerprint density at radius 1 is 1.67 bits per heavy atom. The largest absolute Gasteiger partial charge is 0.396 e. The van der Waals surface area contributed by atoms with E-state index in [0.717, 1.165) is 6.42 Å². The van der Waals surface area contributed by atoms with Crippen LogP contribution in [0, 0.1) is 5.92 Å². The first-order valence-electron chi connectivity index (χ1n) is 5.23. The maximum absolute atomic E-state index is 9.01. The van der Waals surface area contributed by atoms with Gasteiger partial charge in [-0.15, -0.1) is 11.3 Å². The summed E-state index contributed by atoms with van der Waals surface area (Å²) in [6.07, 6.45) is 7.15. The average molecular weight is 224 g/mol. The van der Waals surface area contributed by atoms with Crippen LogP contribution in [0.25, 0.3) is 0 Å². The standard InChI is InChI=1S/C11H16N2OS/c1-8(11-5-12-7-15-11)13-10-3-2-9(4-10)6-14/h2-3,5,7-10,13-14H,4,6H2,1H3/t8-,9+,10-/m1/s1. The molecule has 82 valence electrons. The maximum Gasteiger partial charge on any atom is 0.0794 e. The van der Waals surface area contributed by atoms with Gasteiger partial charge in [-0.05, 0) is 13.3 Å². The van der Waals surface area contributed by atoms with Crippen LogP contribution >= 0.6 is 11.3 Å². The van der Waals surface area contributed by atoms with E-state index in [2.05, 4.69) is 29.4 Å². The Kier molecular flexibility index (Phi) is 3.51. The number of aliphatic hydroxyl groups excluding tert-OH is 1. The van der Waals surface area contributed by atoms with Crippen LogP contribution in [0.15, 0.2) is 23.9 Å². The molecule has 1 aromatic rings. The van der Waals surface area contributed by atoms with Gasteiger partial charge in [0.25, 0.3) is 0 Å². The SMILES string of the molecule is C[C@@H](N[C@@H]1C=C[C@H](CO)C1)c1cncs1. The molecule has 0 fully saturated rings. The molecule has 2 rings (SSSR count).